The van der Waals surface area contributed by atoms with Gasteiger partial charge in [-0.3, -0.25) is 4.90 Å². The average Bonchev–Trinajstić information content (AvgIpc) is 2.53. The van der Waals surface area contributed by atoms with Gasteiger partial charge in [0, 0.05) is 18.6 Å². The van der Waals surface area contributed by atoms with Gasteiger partial charge < -0.3 is 14.7 Å². The van der Waals surface area contributed by atoms with Crippen LogP contribution in [0.3, 0.4) is 0 Å². The summed E-state index contributed by atoms with van der Waals surface area (Å²) < 4.78 is 5.43. The van der Waals surface area contributed by atoms with Gasteiger partial charge in [0.25, 0.3) is 0 Å². The molecule has 144 valence electrons. The van der Waals surface area contributed by atoms with E-state index in [0.717, 1.165) is 25.8 Å². The van der Waals surface area contributed by atoms with E-state index in [1.165, 1.54) is 5.56 Å². The maximum atomic E-state index is 12.2. The second-order valence-electron chi connectivity index (χ2n) is 8.89. The van der Waals surface area contributed by atoms with Gasteiger partial charge in [0.2, 0.25) is 0 Å². The lowest BCUT2D eigenvalue weighted by Gasteiger charge is -2.55. The van der Waals surface area contributed by atoms with Crippen molar-refractivity contribution in [3.05, 3.63) is 35.9 Å². The lowest BCUT2D eigenvalue weighted by atomic mass is 9.79. The van der Waals surface area contributed by atoms with E-state index in [-0.39, 0.29) is 12.1 Å². The van der Waals surface area contributed by atoms with Crippen LogP contribution in [0.1, 0.15) is 52.5 Å². The number of likely N-dealkylation sites (tertiary alicyclic amines) is 2. The highest BCUT2D eigenvalue weighted by Gasteiger charge is 2.53. The van der Waals surface area contributed by atoms with E-state index in [2.05, 4.69) is 36.1 Å². The zero-order chi connectivity index (χ0) is 18.9. The summed E-state index contributed by atoms with van der Waals surface area (Å²) in [6.45, 7) is 9.36. The van der Waals surface area contributed by atoms with Crippen molar-refractivity contribution in [3.8, 4) is 0 Å². The average molecular weight is 360 g/mol. The maximum Gasteiger partial charge on any atom is 0.410 e. The van der Waals surface area contributed by atoms with E-state index in [4.69, 9.17) is 4.74 Å². The molecular weight excluding hydrogens is 328 g/mol. The van der Waals surface area contributed by atoms with Crippen molar-refractivity contribution in [2.45, 2.75) is 76.8 Å². The third-order valence-corrected chi connectivity index (χ3v) is 5.48. The molecule has 26 heavy (non-hydrogen) atoms. The third-order valence-electron chi connectivity index (χ3n) is 5.48. The molecule has 0 aliphatic carbocycles. The predicted molar refractivity (Wildman–Crippen MR) is 102 cm³/mol. The zero-order valence-electron chi connectivity index (χ0n) is 16.4. The summed E-state index contributed by atoms with van der Waals surface area (Å²) in [4.78, 5) is 16.3. The molecule has 1 N–H and O–H groups in total. The number of amides is 1. The van der Waals surface area contributed by atoms with Crippen LogP contribution in [0.5, 0.6) is 0 Å². The minimum Gasteiger partial charge on any atom is -0.444 e. The molecule has 0 bridgehead atoms. The molecule has 5 nitrogen and oxygen atoms in total. The standard InChI is InChI=1S/C21H32N2O3/c1-16-9-8-12-18(23(16)13-17-10-6-5-7-11-17)21(25)14-22(15-21)19(24)26-20(2,3)4/h5-7,10-11,16,18,25H,8-9,12-15H2,1-4H3/t16-,18+/m0/s1. The van der Waals surface area contributed by atoms with Crippen LogP contribution in [-0.4, -0.2) is 57.4 Å². The van der Waals surface area contributed by atoms with Crippen LogP contribution in [0, 0.1) is 0 Å². The third kappa shape index (κ3) is 4.21. The van der Waals surface area contributed by atoms with Crippen LogP contribution in [-0.2, 0) is 11.3 Å². The lowest BCUT2D eigenvalue weighted by Crippen LogP contribution is -2.73. The number of ether oxygens (including phenoxy) is 1. The van der Waals surface area contributed by atoms with E-state index < -0.39 is 11.2 Å². The van der Waals surface area contributed by atoms with Gasteiger partial charge in [0.1, 0.15) is 11.2 Å². The summed E-state index contributed by atoms with van der Waals surface area (Å²) >= 11 is 0. The molecule has 2 fully saturated rings. The van der Waals surface area contributed by atoms with Crippen LogP contribution in [0.2, 0.25) is 0 Å². The van der Waals surface area contributed by atoms with Crippen LogP contribution in [0.4, 0.5) is 4.79 Å². The number of nitrogens with zero attached hydrogens (tertiary/aromatic N) is 2. The van der Waals surface area contributed by atoms with Crippen LogP contribution < -0.4 is 0 Å². The van der Waals surface area contributed by atoms with E-state index in [0.29, 0.717) is 19.1 Å². The Morgan fingerprint density at radius 2 is 1.88 bits per heavy atom. The molecule has 1 aromatic carbocycles. The summed E-state index contributed by atoms with van der Waals surface area (Å²) in [5, 5.41) is 11.2. The highest BCUT2D eigenvalue weighted by molar-refractivity contribution is 5.69. The second kappa shape index (κ2) is 7.20. The van der Waals surface area contributed by atoms with Gasteiger partial charge >= 0.3 is 6.09 Å². The molecular formula is C21H32N2O3. The first-order valence-corrected chi connectivity index (χ1v) is 9.68. The van der Waals surface area contributed by atoms with Crippen molar-refractivity contribution in [3.63, 3.8) is 0 Å². The van der Waals surface area contributed by atoms with Crippen molar-refractivity contribution < 1.29 is 14.6 Å². The molecule has 5 heteroatoms. The van der Waals surface area contributed by atoms with E-state index in [9.17, 15) is 9.90 Å². The van der Waals surface area contributed by atoms with Crippen LogP contribution >= 0.6 is 0 Å². The van der Waals surface area contributed by atoms with Gasteiger partial charge in [0.05, 0.1) is 13.1 Å². The molecule has 2 aliphatic heterocycles. The molecule has 1 aromatic rings. The predicted octanol–water partition coefficient (Wildman–Crippen LogP) is 3.41. The Labute approximate surface area is 156 Å². The molecule has 2 heterocycles. The highest BCUT2D eigenvalue weighted by atomic mass is 16.6. The van der Waals surface area contributed by atoms with Gasteiger partial charge in [-0.2, -0.15) is 0 Å². The van der Waals surface area contributed by atoms with E-state index >= 15 is 0 Å². The quantitative estimate of drug-likeness (QED) is 0.897. The monoisotopic (exact) mass is 360 g/mol. The molecule has 0 aromatic heterocycles. The van der Waals surface area contributed by atoms with Gasteiger partial charge in [-0.15, -0.1) is 0 Å². The Morgan fingerprint density at radius 1 is 1.23 bits per heavy atom. The SMILES string of the molecule is C[C@H]1CCC[C@H](C2(O)CN(C(=O)OC(C)(C)C)C2)N1Cc1ccccc1. The van der Waals surface area contributed by atoms with Crippen molar-refractivity contribution in [1.29, 1.82) is 0 Å². The fourth-order valence-electron chi connectivity index (χ4n) is 4.16. The molecule has 2 atom stereocenters. The molecule has 2 saturated heterocycles. The molecule has 2 aliphatic rings. The molecule has 0 radical (unpaired) electrons. The molecule has 3 rings (SSSR count). The number of hydrogen-bond acceptors (Lipinski definition) is 4. The largest absolute Gasteiger partial charge is 0.444 e. The normalized spacial score (nSPS) is 26.3. The summed E-state index contributed by atoms with van der Waals surface area (Å²) in [6, 6.07) is 10.9. The number of β-amino-alcohol motifs (C(OH)–C–C–N with tert-alkyl or cyclic N) is 1. The van der Waals surface area contributed by atoms with Crippen LogP contribution in [0.25, 0.3) is 0 Å². The number of carbonyl (C=O) groups is 1. The maximum absolute atomic E-state index is 12.2. The topological polar surface area (TPSA) is 53.0 Å². The number of benzene rings is 1. The Morgan fingerprint density at radius 3 is 2.50 bits per heavy atom. The Kier molecular flexibility index (Phi) is 5.31. The number of aliphatic hydroxyl groups is 1. The number of hydrogen-bond donors (Lipinski definition) is 1. The number of piperidine rings is 1. The zero-order valence-corrected chi connectivity index (χ0v) is 16.4. The minimum absolute atomic E-state index is 0.0742. The summed E-state index contributed by atoms with van der Waals surface area (Å²) in [7, 11) is 0. The Balaban J connectivity index is 1.67. The van der Waals surface area contributed by atoms with E-state index in [1.54, 1.807) is 4.90 Å². The Hall–Kier alpha value is -1.59. The van der Waals surface area contributed by atoms with Crippen molar-refractivity contribution >= 4 is 6.09 Å². The van der Waals surface area contributed by atoms with Gasteiger partial charge in [0.15, 0.2) is 0 Å². The fraction of sp³-hybridized carbons (Fsp3) is 0.667. The molecule has 0 spiro atoms. The smallest absolute Gasteiger partial charge is 0.410 e. The van der Waals surface area contributed by atoms with Crippen molar-refractivity contribution in [2.24, 2.45) is 0 Å². The minimum atomic E-state index is -0.847. The molecule has 0 saturated carbocycles. The molecule has 0 unspecified atom stereocenters. The van der Waals surface area contributed by atoms with E-state index in [1.807, 2.05) is 26.8 Å². The van der Waals surface area contributed by atoms with Gasteiger partial charge in [-0.25, -0.2) is 4.79 Å². The van der Waals surface area contributed by atoms with Gasteiger partial charge in [-0.1, -0.05) is 36.8 Å². The summed E-state index contributed by atoms with van der Waals surface area (Å²) in [6.07, 6.45) is 2.90. The second-order valence-corrected chi connectivity index (χ2v) is 8.89. The lowest BCUT2D eigenvalue weighted by molar-refractivity contribution is -0.158. The summed E-state index contributed by atoms with van der Waals surface area (Å²) in [5.74, 6) is 0. The van der Waals surface area contributed by atoms with Crippen molar-refractivity contribution in [1.82, 2.24) is 9.80 Å². The first kappa shape index (κ1) is 19.2. The molecule has 1 amide bonds. The Bertz CT molecular complexity index is 620. The number of rotatable bonds is 3. The number of carbonyl (C=O) groups excluding carboxylic acids is 1. The highest BCUT2D eigenvalue weighted by Crippen LogP contribution is 2.37. The first-order chi connectivity index (χ1) is 12.2. The van der Waals surface area contributed by atoms with Gasteiger partial charge in [-0.05, 0) is 46.1 Å². The van der Waals surface area contributed by atoms with Crippen LogP contribution in [0.15, 0.2) is 30.3 Å². The first-order valence-electron chi connectivity index (χ1n) is 9.68. The summed E-state index contributed by atoms with van der Waals surface area (Å²) in [5.41, 5.74) is -0.0951. The van der Waals surface area contributed by atoms with Crippen molar-refractivity contribution in [2.75, 3.05) is 13.1 Å². The fourth-order valence-corrected chi connectivity index (χ4v) is 4.16.